The highest BCUT2D eigenvalue weighted by Gasteiger charge is 2.61. The van der Waals surface area contributed by atoms with Gasteiger partial charge in [-0.2, -0.15) is 0 Å². The van der Waals surface area contributed by atoms with E-state index >= 15 is 4.39 Å². The Morgan fingerprint density at radius 3 is 3.05 bits per heavy atom. The highest BCUT2D eigenvalue weighted by atomic mass is 32.2. The van der Waals surface area contributed by atoms with Crippen molar-refractivity contribution in [2.75, 3.05) is 19.0 Å². The van der Waals surface area contributed by atoms with Crippen molar-refractivity contribution in [1.29, 1.82) is 5.41 Å². The molecule has 2 unspecified atom stereocenters. The molecule has 0 saturated carbocycles. The Kier molecular flexibility index (Phi) is 4.62. The molecule has 2 heterocycles. The molecular formula is C12H16FN3O4S. The summed E-state index contributed by atoms with van der Waals surface area (Å²) in [6.07, 6.45) is 1.59. The van der Waals surface area contributed by atoms with Crippen molar-refractivity contribution in [3.63, 3.8) is 0 Å². The van der Waals surface area contributed by atoms with E-state index < -0.39 is 28.4 Å². The van der Waals surface area contributed by atoms with E-state index in [2.05, 4.69) is 4.99 Å². The first-order chi connectivity index (χ1) is 9.93. The Hall–Kier alpha value is -1.48. The quantitative estimate of drug-likeness (QED) is 0.744. The summed E-state index contributed by atoms with van der Waals surface area (Å²) in [7, 11) is 0. The molecule has 9 heteroatoms. The fraction of sp³-hybridized carbons (Fsp3) is 0.667. The summed E-state index contributed by atoms with van der Waals surface area (Å²) in [5.74, 6) is -0.630. The fourth-order valence-corrected chi connectivity index (χ4v) is 3.21. The number of thioether (sulfide) groups is 1. The number of ether oxygens (including phenoxy) is 2. The number of nitrogens with zero attached hydrogens (tertiary/aromatic N) is 1. The monoisotopic (exact) mass is 317 g/mol. The lowest BCUT2D eigenvalue weighted by atomic mass is 9.96. The molecule has 7 nitrogen and oxygen atoms in total. The average molecular weight is 317 g/mol. The largest absolute Gasteiger partial charge is 0.461 e. The number of rotatable bonds is 5. The third kappa shape index (κ3) is 2.93. The lowest BCUT2D eigenvalue weighted by Crippen LogP contribution is -2.63. The van der Waals surface area contributed by atoms with Crippen LogP contribution >= 0.6 is 11.8 Å². The summed E-state index contributed by atoms with van der Waals surface area (Å²) in [5, 5.41) is 9.72. The van der Waals surface area contributed by atoms with Gasteiger partial charge < -0.3 is 9.47 Å². The molecule has 0 radical (unpaired) electrons. The lowest BCUT2D eigenvalue weighted by molar-refractivity contribution is -0.151. The molecule has 2 atom stereocenters. The van der Waals surface area contributed by atoms with Gasteiger partial charge in [-0.1, -0.05) is 6.92 Å². The number of carbonyl (C=O) groups excluding carboxylic acids is 2. The van der Waals surface area contributed by atoms with Gasteiger partial charge in [0.15, 0.2) is 4.93 Å². The van der Waals surface area contributed by atoms with E-state index in [0.29, 0.717) is 12.2 Å². The van der Waals surface area contributed by atoms with Crippen LogP contribution in [0.5, 0.6) is 0 Å². The Bertz CT molecular complexity index is 493. The van der Waals surface area contributed by atoms with Crippen molar-refractivity contribution >= 4 is 35.8 Å². The van der Waals surface area contributed by atoms with Crippen molar-refractivity contribution < 1.29 is 23.5 Å². The van der Waals surface area contributed by atoms with Crippen molar-refractivity contribution in [3.8, 4) is 0 Å². The van der Waals surface area contributed by atoms with Gasteiger partial charge in [-0.3, -0.25) is 15.5 Å². The van der Waals surface area contributed by atoms with Gasteiger partial charge in [0, 0.05) is 12.2 Å². The normalized spacial score (nSPS) is 32.1. The molecule has 0 aromatic carbocycles. The molecule has 0 aliphatic carbocycles. The van der Waals surface area contributed by atoms with Crippen LogP contribution < -0.4 is 5.32 Å². The molecule has 1 fully saturated rings. The van der Waals surface area contributed by atoms with Gasteiger partial charge in [0.25, 0.3) is 0 Å². The van der Waals surface area contributed by atoms with E-state index in [1.54, 1.807) is 0 Å². The first-order valence-electron chi connectivity index (χ1n) is 6.51. The van der Waals surface area contributed by atoms with Crippen molar-refractivity contribution in [2.24, 2.45) is 4.99 Å². The average Bonchev–Trinajstić information content (AvgIpc) is 2.92. The summed E-state index contributed by atoms with van der Waals surface area (Å²) in [6, 6.07) is -0.811. The molecule has 1 saturated heterocycles. The van der Waals surface area contributed by atoms with E-state index in [-0.39, 0.29) is 19.6 Å². The number of nitrogens with one attached hydrogen (secondary N) is 2. The van der Waals surface area contributed by atoms with Gasteiger partial charge >= 0.3 is 12.0 Å². The second kappa shape index (κ2) is 6.10. The summed E-state index contributed by atoms with van der Waals surface area (Å²) < 4.78 is 25.7. The van der Waals surface area contributed by atoms with Crippen LogP contribution in [0.1, 0.15) is 19.8 Å². The zero-order valence-corrected chi connectivity index (χ0v) is 12.3. The number of hydrogen-bond donors (Lipinski definition) is 2. The molecule has 2 N–H and O–H groups in total. The number of amides is 2. The maximum atomic E-state index is 15.2. The Morgan fingerprint density at radius 2 is 2.48 bits per heavy atom. The van der Waals surface area contributed by atoms with E-state index in [0.717, 1.165) is 18.0 Å². The third-order valence-electron chi connectivity index (χ3n) is 3.14. The topological polar surface area (TPSA) is 101 Å². The number of carbonyl (C=O) groups is 2. The maximum absolute atomic E-state index is 15.2. The Balaban J connectivity index is 2.21. The van der Waals surface area contributed by atoms with Crippen LogP contribution in [0.25, 0.3) is 0 Å². The molecule has 116 valence electrons. The number of esters is 1. The standard InChI is InChI=1S/C12H16FN3O4S/c1-2-3-8(17)19-7-12(20-4-5-21-12)11(13)6-15-10(18)16-9(11)14/h6H,2-5,7H2,1H3,(H2,14,16,18). The molecule has 0 aromatic heterocycles. The van der Waals surface area contributed by atoms with Gasteiger partial charge in [-0.15, -0.1) is 11.8 Å². The van der Waals surface area contributed by atoms with Crippen LogP contribution in [0, 0.1) is 5.41 Å². The number of aliphatic imine (C=N–C) groups is 1. The molecular weight excluding hydrogens is 301 g/mol. The predicted octanol–water partition coefficient (Wildman–Crippen LogP) is 1.27. The summed E-state index contributed by atoms with van der Waals surface area (Å²) in [6.45, 7) is 1.74. The molecule has 2 rings (SSSR count). The maximum Gasteiger partial charge on any atom is 0.346 e. The van der Waals surface area contributed by atoms with Gasteiger partial charge in [0.05, 0.1) is 12.8 Å². The minimum atomic E-state index is -2.45. The van der Waals surface area contributed by atoms with E-state index in [1.165, 1.54) is 0 Å². The van der Waals surface area contributed by atoms with Crippen LogP contribution in [0.4, 0.5) is 9.18 Å². The first kappa shape index (κ1) is 15.9. The van der Waals surface area contributed by atoms with Gasteiger partial charge in [0.1, 0.15) is 12.4 Å². The smallest absolute Gasteiger partial charge is 0.346 e. The molecule has 0 bridgehead atoms. The molecule has 2 aliphatic rings. The van der Waals surface area contributed by atoms with Crippen LogP contribution in [-0.2, 0) is 14.3 Å². The van der Waals surface area contributed by atoms with E-state index in [9.17, 15) is 9.59 Å². The summed E-state index contributed by atoms with van der Waals surface area (Å²) in [4.78, 5) is 24.3. The highest BCUT2D eigenvalue weighted by Crippen LogP contribution is 2.44. The Morgan fingerprint density at radius 1 is 1.71 bits per heavy atom. The minimum absolute atomic E-state index is 0.225. The number of amidine groups is 1. The molecule has 0 aromatic rings. The van der Waals surface area contributed by atoms with Crippen molar-refractivity contribution in [1.82, 2.24) is 5.32 Å². The number of alkyl halides is 1. The molecule has 21 heavy (non-hydrogen) atoms. The van der Waals surface area contributed by atoms with Crippen molar-refractivity contribution in [2.45, 2.75) is 30.4 Å². The molecule has 2 aliphatic heterocycles. The second-order valence-electron chi connectivity index (χ2n) is 4.64. The van der Waals surface area contributed by atoms with Gasteiger partial charge in [-0.05, 0) is 6.42 Å². The summed E-state index contributed by atoms with van der Waals surface area (Å²) >= 11 is 1.10. The third-order valence-corrected chi connectivity index (χ3v) is 4.51. The Labute approximate surface area is 125 Å². The van der Waals surface area contributed by atoms with Crippen LogP contribution in [-0.4, -0.2) is 53.6 Å². The summed E-state index contributed by atoms with van der Waals surface area (Å²) in [5.41, 5.74) is -2.45. The number of urea groups is 1. The molecule has 0 spiro atoms. The SMILES string of the molecule is CCCC(=O)OCC1(C2(F)C=NC(=O)NC2=N)OCCS1. The predicted molar refractivity (Wildman–Crippen MR) is 75.6 cm³/mol. The van der Waals surface area contributed by atoms with Crippen LogP contribution in [0.15, 0.2) is 4.99 Å². The second-order valence-corrected chi connectivity index (χ2v) is 5.99. The van der Waals surface area contributed by atoms with E-state index in [1.807, 2.05) is 12.2 Å². The number of hydrogen-bond acceptors (Lipinski definition) is 6. The van der Waals surface area contributed by atoms with Crippen LogP contribution in [0.3, 0.4) is 0 Å². The minimum Gasteiger partial charge on any atom is -0.461 e. The van der Waals surface area contributed by atoms with Gasteiger partial charge in [-0.25, -0.2) is 14.2 Å². The highest BCUT2D eigenvalue weighted by molar-refractivity contribution is 8.00. The van der Waals surface area contributed by atoms with Gasteiger partial charge in [0.2, 0.25) is 5.67 Å². The van der Waals surface area contributed by atoms with E-state index in [4.69, 9.17) is 14.9 Å². The fourth-order valence-electron chi connectivity index (χ4n) is 2.04. The van der Waals surface area contributed by atoms with Crippen molar-refractivity contribution in [3.05, 3.63) is 0 Å². The first-order valence-corrected chi connectivity index (χ1v) is 7.50. The zero-order chi connectivity index (χ0) is 15.5. The van der Waals surface area contributed by atoms with Crippen LogP contribution in [0.2, 0.25) is 0 Å². The lowest BCUT2D eigenvalue weighted by Gasteiger charge is -2.39. The zero-order valence-electron chi connectivity index (χ0n) is 11.5. The number of halogens is 1. The molecule has 2 amide bonds.